The van der Waals surface area contributed by atoms with Crippen LogP contribution in [0.1, 0.15) is 60.4 Å². The average Bonchev–Trinajstić information content (AvgIpc) is 2.71. The van der Waals surface area contributed by atoms with Crippen LogP contribution in [0.2, 0.25) is 0 Å². The van der Waals surface area contributed by atoms with Crippen molar-refractivity contribution in [1.29, 1.82) is 0 Å². The summed E-state index contributed by atoms with van der Waals surface area (Å²) >= 11 is 0. The first kappa shape index (κ1) is 20.1. The van der Waals surface area contributed by atoms with E-state index in [1.54, 1.807) is 14.2 Å². The third kappa shape index (κ3) is 4.75. The summed E-state index contributed by atoms with van der Waals surface area (Å²) in [5.41, 5.74) is 8.33. The van der Waals surface area contributed by atoms with Crippen LogP contribution in [-0.2, 0) is 16.0 Å². The van der Waals surface area contributed by atoms with E-state index in [1.165, 1.54) is 25.0 Å². The van der Waals surface area contributed by atoms with Crippen molar-refractivity contribution < 1.29 is 21.7 Å². The fourth-order valence-electron chi connectivity index (χ4n) is 4.79. The lowest BCUT2D eigenvalue weighted by Crippen LogP contribution is -2.51. The number of nitrogens with two attached hydrogens (primary N) is 1. The number of hydrogen-bond donors (Lipinski definition) is 1. The lowest BCUT2D eigenvalue weighted by atomic mass is 9.79. The van der Waals surface area contributed by atoms with Gasteiger partial charge < -0.3 is 19.9 Å². The number of methoxy groups -OCH3 is 2. The minimum absolute atomic E-state index is 0.0849. The van der Waals surface area contributed by atoms with Gasteiger partial charge in [0.2, 0.25) is 0 Å². The molecule has 1 saturated heterocycles. The number of hydrogen-bond acceptors (Lipinski definition) is 6. The molecule has 6 nitrogen and oxygen atoms in total. The number of carbonyl (C=O) groups excluding carboxylic acids is 1. The van der Waals surface area contributed by atoms with E-state index in [1.807, 2.05) is 12.1 Å². The third-order valence-corrected chi connectivity index (χ3v) is 6.36. The first-order chi connectivity index (χ1) is 14.9. The van der Waals surface area contributed by atoms with Crippen LogP contribution in [0.3, 0.4) is 0 Å². The predicted octanol–water partition coefficient (Wildman–Crippen LogP) is 3.56. The van der Waals surface area contributed by atoms with E-state index in [2.05, 4.69) is 18.7 Å². The van der Waals surface area contributed by atoms with Crippen molar-refractivity contribution in [1.82, 2.24) is 4.90 Å². The van der Waals surface area contributed by atoms with Crippen molar-refractivity contribution in [3.63, 3.8) is 0 Å². The SMILES string of the molecule is [2H]C(C)(C)C([2H])(N)C(=O)OC1CC2c3cc(OC)c(OC)cc3CCN2CC1CC(C)C. The number of ether oxygens (including phenoxy) is 3. The van der Waals surface area contributed by atoms with Crippen molar-refractivity contribution in [3.05, 3.63) is 23.3 Å². The smallest absolute Gasteiger partial charge is 0.323 e. The summed E-state index contributed by atoms with van der Waals surface area (Å²) in [5.74, 6) is -0.287. The molecule has 0 aliphatic carbocycles. The lowest BCUT2D eigenvalue weighted by molar-refractivity contribution is -0.160. The highest BCUT2D eigenvalue weighted by Crippen LogP contribution is 2.44. The molecule has 4 atom stereocenters. The molecule has 1 fully saturated rings. The Hall–Kier alpha value is -1.79. The van der Waals surface area contributed by atoms with E-state index in [9.17, 15) is 4.79 Å². The second-order valence-electron chi connectivity index (χ2n) is 9.15. The molecule has 3 rings (SSSR count). The van der Waals surface area contributed by atoms with Gasteiger partial charge in [-0.2, -0.15) is 0 Å². The number of nitrogens with zero attached hydrogens (tertiary/aromatic N) is 1. The normalized spacial score (nSPS) is 27.3. The van der Waals surface area contributed by atoms with Crippen LogP contribution in [0, 0.1) is 17.7 Å². The Balaban J connectivity index is 1.91. The Labute approximate surface area is 183 Å². The van der Waals surface area contributed by atoms with Gasteiger partial charge in [-0.1, -0.05) is 27.7 Å². The van der Waals surface area contributed by atoms with Crippen molar-refractivity contribution in [2.24, 2.45) is 23.5 Å². The quantitative estimate of drug-likeness (QED) is 0.680. The Morgan fingerprint density at radius 2 is 1.90 bits per heavy atom. The summed E-state index contributed by atoms with van der Waals surface area (Å²) in [4.78, 5) is 15.4. The average molecular weight is 421 g/mol. The van der Waals surface area contributed by atoms with Gasteiger partial charge in [0.05, 0.1) is 15.6 Å². The largest absolute Gasteiger partial charge is 0.493 e. The molecule has 4 unspecified atom stereocenters. The van der Waals surface area contributed by atoms with Gasteiger partial charge in [-0.05, 0) is 47.9 Å². The monoisotopic (exact) mass is 420 g/mol. The van der Waals surface area contributed by atoms with Crippen LogP contribution in [0.5, 0.6) is 11.5 Å². The standard InChI is InChI=1S/C24H38N2O4/c1-14(2)9-17-13-26-8-7-16-10-21(28-5)22(29-6)11-18(16)19(26)12-20(17)30-24(27)23(25)15(3)4/h10-11,14-15,17,19-20,23H,7-9,12-13,25H2,1-6H3/i15D,23D. The molecule has 2 N–H and O–H groups in total. The van der Waals surface area contributed by atoms with E-state index in [0.29, 0.717) is 18.1 Å². The highest BCUT2D eigenvalue weighted by molar-refractivity contribution is 5.76. The summed E-state index contributed by atoms with van der Waals surface area (Å²) in [7, 11) is 3.27. The number of rotatable bonds is 7. The third-order valence-electron chi connectivity index (χ3n) is 6.36. The van der Waals surface area contributed by atoms with Gasteiger partial charge in [0.15, 0.2) is 11.5 Å². The van der Waals surface area contributed by atoms with Gasteiger partial charge in [0.1, 0.15) is 12.1 Å². The molecule has 2 aliphatic rings. The van der Waals surface area contributed by atoms with Crippen molar-refractivity contribution in [2.45, 2.75) is 65.1 Å². The second-order valence-corrected chi connectivity index (χ2v) is 9.15. The Morgan fingerprint density at radius 1 is 1.23 bits per heavy atom. The highest BCUT2D eigenvalue weighted by Gasteiger charge is 2.41. The molecule has 0 amide bonds. The number of carbonyl (C=O) groups is 1. The molecular weight excluding hydrogens is 380 g/mol. The van der Waals surface area contributed by atoms with Gasteiger partial charge in [0.25, 0.3) is 0 Å². The van der Waals surface area contributed by atoms with Crippen LogP contribution < -0.4 is 15.2 Å². The molecule has 2 aliphatic heterocycles. The zero-order valence-corrected chi connectivity index (χ0v) is 19.2. The predicted molar refractivity (Wildman–Crippen MR) is 118 cm³/mol. The lowest BCUT2D eigenvalue weighted by Gasteiger charge is -2.47. The maximum atomic E-state index is 12.9. The van der Waals surface area contributed by atoms with Crippen LogP contribution in [-0.4, -0.2) is 50.3 Å². The van der Waals surface area contributed by atoms with E-state index in [-0.39, 0.29) is 18.1 Å². The molecule has 2 heterocycles. The summed E-state index contributed by atoms with van der Waals surface area (Å²) in [6.07, 6.45) is 2.11. The summed E-state index contributed by atoms with van der Waals surface area (Å²) < 4.78 is 33.3. The first-order valence-corrected chi connectivity index (χ1v) is 10.9. The molecule has 168 valence electrons. The molecule has 0 bridgehead atoms. The topological polar surface area (TPSA) is 74.0 Å². The molecule has 1 aromatic carbocycles. The molecule has 0 radical (unpaired) electrons. The van der Waals surface area contributed by atoms with Gasteiger partial charge in [-0.25, -0.2) is 0 Å². The minimum Gasteiger partial charge on any atom is -0.493 e. The molecule has 0 spiro atoms. The zero-order chi connectivity index (χ0) is 23.8. The Bertz CT molecular complexity index is 838. The molecule has 30 heavy (non-hydrogen) atoms. The Kier molecular flexibility index (Phi) is 6.42. The van der Waals surface area contributed by atoms with Crippen LogP contribution in [0.4, 0.5) is 0 Å². The number of benzene rings is 1. The van der Waals surface area contributed by atoms with E-state index in [4.69, 9.17) is 22.7 Å². The summed E-state index contributed by atoms with van der Waals surface area (Å²) in [5, 5.41) is 0. The summed E-state index contributed by atoms with van der Waals surface area (Å²) in [6, 6.07) is 2.04. The fraction of sp³-hybridized carbons (Fsp3) is 0.708. The second kappa shape index (κ2) is 9.56. The maximum absolute atomic E-state index is 12.9. The van der Waals surface area contributed by atoms with Gasteiger partial charge >= 0.3 is 5.97 Å². The van der Waals surface area contributed by atoms with Crippen molar-refractivity contribution in [3.8, 4) is 11.5 Å². The molecular formula is C24H38N2O4. The van der Waals surface area contributed by atoms with E-state index < -0.39 is 17.9 Å². The molecule has 1 aromatic rings. The molecule has 6 heteroatoms. The van der Waals surface area contributed by atoms with Crippen molar-refractivity contribution >= 4 is 5.97 Å². The van der Waals surface area contributed by atoms with Crippen LogP contribution in [0.25, 0.3) is 0 Å². The van der Waals surface area contributed by atoms with Crippen molar-refractivity contribution in [2.75, 3.05) is 27.3 Å². The van der Waals surface area contributed by atoms with Crippen LogP contribution >= 0.6 is 0 Å². The van der Waals surface area contributed by atoms with Gasteiger partial charge in [-0.15, -0.1) is 0 Å². The highest BCUT2D eigenvalue weighted by atomic mass is 16.5. The zero-order valence-electron chi connectivity index (χ0n) is 21.2. The minimum atomic E-state index is -2.13. The van der Waals surface area contributed by atoms with E-state index in [0.717, 1.165) is 31.7 Å². The fourth-order valence-corrected chi connectivity index (χ4v) is 4.79. The number of esters is 1. The van der Waals surface area contributed by atoms with Gasteiger partial charge in [-0.3, -0.25) is 9.69 Å². The number of piperidine rings is 1. The Morgan fingerprint density at radius 3 is 2.50 bits per heavy atom. The summed E-state index contributed by atoms with van der Waals surface area (Å²) in [6.45, 7) is 9.01. The molecule has 0 saturated carbocycles. The van der Waals surface area contributed by atoms with E-state index >= 15 is 0 Å². The van der Waals surface area contributed by atoms with Gasteiger partial charge in [0, 0.05) is 32.8 Å². The maximum Gasteiger partial charge on any atom is 0.323 e. The van der Waals surface area contributed by atoms with Crippen LogP contribution in [0.15, 0.2) is 12.1 Å². The number of fused-ring (bicyclic) bond motifs is 3. The molecule has 0 aromatic heterocycles. The first-order valence-electron chi connectivity index (χ1n) is 11.9.